The van der Waals surface area contributed by atoms with Crippen molar-refractivity contribution >= 4 is 28.1 Å². The van der Waals surface area contributed by atoms with Crippen molar-refractivity contribution in [3.05, 3.63) is 75.4 Å². The molecule has 0 bridgehead atoms. The molecular formula is C18H17N5OS2. The molecule has 4 rings (SSSR count). The van der Waals surface area contributed by atoms with Crippen molar-refractivity contribution in [3.8, 4) is 0 Å². The molecule has 26 heavy (non-hydrogen) atoms. The number of hydrogen-bond acceptors (Lipinski definition) is 6. The van der Waals surface area contributed by atoms with Gasteiger partial charge >= 0.3 is 0 Å². The predicted molar refractivity (Wildman–Crippen MR) is 104 cm³/mol. The van der Waals surface area contributed by atoms with Gasteiger partial charge < -0.3 is 4.57 Å². The van der Waals surface area contributed by atoms with E-state index in [9.17, 15) is 4.79 Å². The normalized spacial score (nSPS) is 11.3. The largest absolute Gasteiger partial charge is 0.309 e. The number of rotatable bonds is 6. The molecule has 0 radical (unpaired) electrons. The molecule has 132 valence electrons. The maximum absolute atomic E-state index is 12.1. The van der Waals surface area contributed by atoms with Gasteiger partial charge in [-0.1, -0.05) is 42.1 Å². The summed E-state index contributed by atoms with van der Waals surface area (Å²) in [4.78, 5) is 17.3. The Hall–Kier alpha value is -2.45. The van der Waals surface area contributed by atoms with Crippen molar-refractivity contribution in [2.45, 2.75) is 23.8 Å². The second-order valence-electron chi connectivity index (χ2n) is 5.87. The fraction of sp³-hybridized carbons (Fsp3) is 0.222. The molecule has 0 atom stereocenters. The first-order valence-corrected chi connectivity index (χ1v) is 10.1. The number of benzene rings is 1. The molecule has 0 saturated carbocycles. The lowest BCUT2D eigenvalue weighted by Crippen LogP contribution is -2.12. The first-order valence-electron chi connectivity index (χ1n) is 8.21. The first-order chi connectivity index (χ1) is 12.7. The molecule has 0 aliphatic carbocycles. The van der Waals surface area contributed by atoms with E-state index in [0.29, 0.717) is 5.75 Å². The van der Waals surface area contributed by atoms with Gasteiger partial charge in [0.25, 0.3) is 5.56 Å². The highest BCUT2D eigenvalue weighted by atomic mass is 32.2. The molecule has 4 aromatic rings. The third-order valence-electron chi connectivity index (χ3n) is 4.11. The zero-order valence-corrected chi connectivity index (χ0v) is 15.8. The van der Waals surface area contributed by atoms with Crippen LogP contribution < -0.4 is 5.56 Å². The summed E-state index contributed by atoms with van der Waals surface area (Å²) in [6.45, 7) is 0. The number of hydrogen-bond donors (Lipinski definition) is 0. The van der Waals surface area contributed by atoms with E-state index in [2.05, 4.69) is 27.3 Å². The number of fused-ring (bicyclic) bond motifs is 1. The number of aryl methyl sites for hydroxylation is 2. The zero-order valence-electron chi connectivity index (χ0n) is 14.2. The van der Waals surface area contributed by atoms with Crippen molar-refractivity contribution in [2.75, 3.05) is 0 Å². The Morgan fingerprint density at radius 2 is 2.00 bits per heavy atom. The molecule has 8 heteroatoms. The van der Waals surface area contributed by atoms with E-state index < -0.39 is 0 Å². The van der Waals surface area contributed by atoms with Crippen LogP contribution in [0, 0.1) is 0 Å². The Balaban J connectivity index is 1.43. The van der Waals surface area contributed by atoms with E-state index in [1.54, 1.807) is 28.4 Å². The minimum Gasteiger partial charge on any atom is -0.309 e. The summed E-state index contributed by atoms with van der Waals surface area (Å²) in [5.74, 6) is 1.55. The van der Waals surface area contributed by atoms with Gasteiger partial charge in [0, 0.05) is 36.9 Å². The van der Waals surface area contributed by atoms with Crippen molar-refractivity contribution in [3.63, 3.8) is 0 Å². The minimum atomic E-state index is -0.0478. The second kappa shape index (κ2) is 7.43. The van der Waals surface area contributed by atoms with Gasteiger partial charge in [-0.15, -0.1) is 21.5 Å². The van der Waals surface area contributed by atoms with Crippen LogP contribution >= 0.6 is 23.1 Å². The fourth-order valence-corrected chi connectivity index (χ4v) is 4.25. The standard InChI is InChI=1S/C18H17N5OS2/c1-22-15(8-7-13-5-3-2-4-6-13)20-21-18(22)26-12-14-11-16(24)23-9-10-25-17(23)19-14/h2-6,9-11H,7-8,12H2,1H3. The summed E-state index contributed by atoms with van der Waals surface area (Å²) in [7, 11) is 1.98. The molecule has 0 unspecified atom stereocenters. The monoisotopic (exact) mass is 383 g/mol. The van der Waals surface area contributed by atoms with Crippen molar-refractivity contribution in [2.24, 2.45) is 7.05 Å². The smallest absolute Gasteiger partial charge is 0.258 e. The van der Waals surface area contributed by atoms with Crippen LogP contribution in [0.15, 0.2) is 57.9 Å². The van der Waals surface area contributed by atoms with Crippen molar-refractivity contribution in [1.82, 2.24) is 24.1 Å². The van der Waals surface area contributed by atoms with Gasteiger partial charge in [-0.3, -0.25) is 9.20 Å². The van der Waals surface area contributed by atoms with Gasteiger partial charge in [-0.05, 0) is 12.0 Å². The predicted octanol–water partition coefficient (Wildman–Crippen LogP) is 2.96. The average Bonchev–Trinajstić information content (AvgIpc) is 3.26. The topological polar surface area (TPSA) is 65.1 Å². The van der Waals surface area contributed by atoms with Gasteiger partial charge in [0.1, 0.15) is 5.82 Å². The van der Waals surface area contributed by atoms with Crippen LogP contribution in [0.2, 0.25) is 0 Å². The summed E-state index contributed by atoms with van der Waals surface area (Å²) in [5, 5.41) is 11.3. The molecule has 0 aliphatic rings. The molecule has 6 nitrogen and oxygen atoms in total. The lowest BCUT2D eigenvalue weighted by atomic mass is 10.1. The molecule has 3 heterocycles. The summed E-state index contributed by atoms with van der Waals surface area (Å²) >= 11 is 3.00. The Morgan fingerprint density at radius 3 is 2.85 bits per heavy atom. The number of thiazole rings is 1. The Kier molecular flexibility index (Phi) is 4.85. The van der Waals surface area contributed by atoms with Crippen LogP contribution in [-0.4, -0.2) is 24.1 Å². The highest BCUT2D eigenvalue weighted by Gasteiger charge is 2.11. The van der Waals surface area contributed by atoms with E-state index in [-0.39, 0.29) is 5.56 Å². The molecule has 0 N–H and O–H groups in total. The van der Waals surface area contributed by atoms with Crippen LogP contribution in [0.5, 0.6) is 0 Å². The van der Waals surface area contributed by atoms with Crippen LogP contribution in [-0.2, 0) is 25.6 Å². The molecule has 1 aromatic carbocycles. The van der Waals surface area contributed by atoms with E-state index in [4.69, 9.17) is 0 Å². The lowest BCUT2D eigenvalue weighted by molar-refractivity contribution is 0.722. The fourth-order valence-electron chi connectivity index (χ4n) is 2.69. The quantitative estimate of drug-likeness (QED) is 0.479. The molecule has 0 amide bonds. The Labute approximate surface area is 158 Å². The van der Waals surface area contributed by atoms with Gasteiger partial charge in [-0.25, -0.2) is 4.98 Å². The highest BCUT2D eigenvalue weighted by Crippen LogP contribution is 2.21. The van der Waals surface area contributed by atoms with Crippen LogP contribution in [0.1, 0.15) is 17.1 Å². The van der Waals surface area contributed by atoms with Crippen molar-refractivity contribution < 1.29 is 0 Å². The molecule has 0 aliphatic heterocycles. The summed E-state index contributed by atoms with van der Waals surface area (Å²) in [6.07, 6.45) is 3.52. The first kappa shape index (κ1) is 17.0. The third-order valence-corrected chi connectivity index (χ3v) is 5.92. The van der Waals surface area contributed by atoms with Gasteiger partial charge in [0.2, 0.25) is 0 Å². The van der Waals surface area contributed by atoms with Crippen LogP contribution in [0.3, 0.4) is 0 Å². The second-order valence-corrected chi connectivity index (χ2v) is 7.69. The number of aromatic nitrogens is 5. The number of thioether (sulfide) groups is 1. The van der Waals surface area contributed by atoms with E-state index in [0.717, 1.165) is 34.5 Å². The van der Waals surface area contributed by atoms with E-state index in [1.165, 1.54) is 16.9 Å². The average molecular weight is 384 g/mol. The van der Waals surface area contributed by atoms with Gasteiger partial charge in [-0.2, -0.15) is 0 Å². The maximum atomic E-state index is 12.1. The Bertz CT molecular complexity index is 1080. The summed E-state index contributed by atoms with van der Waals surface area (Å²) in [5.41, 5.74) is 2.00. The summed E-state index contributed by atoms with van der Waals surface area (Å²) in [6, 6.07) is 11.9. The van der Waals surface area contributed by atoms with Gasteiger partial charge in [0.05, 0.1) is 5.69 Å². The van der Waals surface area contributed by atoms with Crippen LogP contribution in [0.4, 0.5) is 0 Å². The lowest BCUT2D eigenvalue weighted by Gasteiger charge is -2.04. The van der Waals surface area contributed by atoms with E-state index in [1.807, 2.05) is 35.2 Å². The van der Waals surface area contributed by atoms with E-state index >= 15 is 0 Å². The molecule has 0 fully saturated rings. The molecular weight excluding hydrogens is 366 g/mol. The Morgan fingerprint density at radius 1 is 1.15 bits per heavy atom. The number of nitrogens with zero attached hydrogens (tertiary/aromatic N) is 5. The van der Waals surface area contributed by atoms with Crippen molar-refractivity contribution in [1.29, 1.82) is 0 Å². The summed E-state index contributed by atoms with van der Waals surface area (Å²) < 4.78 is 3.58. The highest BCUT2D eigenvalue weighted by molar-refractivity contribution is 7.98. The zero-order chi connectivity index (χ0) is 17.9. The van der Waals surface area contributed by atoms with Gasteiger partial charge in [0.15, 0.2) is 10.1 Å². The molecule has 3 aromatic heterocycles. The third kappa shape index (κ3) is 3.56. The SMILES string of the molecule is Cn1c(CCc2ccccc2)nnc1SCc1cc(=O)n2ccsc2n1. The maximum Gasteiger partial charge on any atom is 0.258 e. The minimum absolute atomic E-state index is 0.0478. The molecule has 0 spiro atoms. The molecule has 0 saturated heterocycles. The van der Waals surface area contributed by atoms with Crippen LogP contribution in [0.25, 0.3) is 4.96 Å².